The van der Waals surface area contributed by atoms with Gasteiger partial charge < -0.3 is 5.32 Å². The van der Waals surface area contributed by atoms with E-state index in [1.165, 1.54) is 10.2 Å². The Hall–Kier alpha value is -0.350. The maximum Gasteiger partial charge on any atom is 0.0767 e. The smallest absolute Gasteiger partial charge is 0.0767 e. The van der Waals surface area contributed by atoms with Gasteiger partial charge in [-0.1, -0.05) is 34.6 Å². The summed E-state index contributed by atoms with van der Waals surface area (Å²) in [5, 5.41) is 8.19. The molecule has 0 saturated carbocycles. The van der Waals surface area contributed by atoms with Crippen LogP contribution in [0.4, 0.5) is 0 Å². The van der Waals surface area contributed by atoms with Crippen LogP contribution in [0.15, 0.2) is 4.47 Å². The van der Waals surface area contributed by atoms with Crippen LogP contribution in [0, 0.1) is 11.3 Å². The van der Waals surface area contributed by atoms with Crippen molar-refractivity contribution in [2.24, 2.45) is 11.3 Å². The van der Waals surface area contributed by atoms with Crippen LogP contribution in [-0.4, -0.2) is 16.3 Å². The maximum absolute atomic E-state index is 4.62. The van der Waals surface area contributed by atoms with Crippen molar-refractivity contribution in [1.29, 1.82) is 0 Å². The van der Waals surface area contributed by atoms with Crippen molar-refractivity contribution >= 4 is 15.9 Å². The highest BCUT2D eigenvalue weighted by atomic mass is 79.9. The summed E-state index contributed by atoms with van der Waals surface area (Å²) in [6.07, 6.45) is 0.971. The first-order chi connectivity index (χ1) is 8.81. The topological polar surface area (TPSA) is 29.9 Å². The van der Waals surface area contributed by atoms with Crippen LogP contribution in [0.25, 0.3) is 0 Å². The molecule has 0 amide bonds. The highest BCUT2D eigenvalue weighted by Crippen LogP contribution is 2.25. The summed E-state index contributed by atoms with van der Waals surface area (Å²) in [6, 6.07) is 0. The Morgan fingerprint density at radius 2 is 1.95 bits per heavy atom. The first-order valence-electron chi connectivity index (χ1n) is 7.26. The summed E-state index contributed by atoms with van der Waals surface area (Å²) in [4.78, 5) is 0. The first kappa shape index (κ1) is 16.7. The van der Waals surface area contributed by atoms with Crippen LogP contribution in [-0.2, 0) is 19.5 Å². The second kappa shape index (κ2) is 6.89. The molecule has 0 bridgehead atoms. The van der Waals surface area contributed by atoms with Crippen LogP contribution in [0.3, 0.4) is 0 Å². The molecule has 1 aromatic rings. The average molecular weight is 330 g/mol. The average Bonchev–Trinajstić information content (AvgIpc) is 2.64. The highest BCUT2D eigenvalue weighted by Gasteiger charge is 2.20. The van der Waals surface area contributed by atoms with Crippen molar-refractivity contribution < 1.29 is 0 Å². The van der Waals surface area contributed by atoms with Gasteiger partial charge >= 0.3 is 0 Å². The lowest BCUT2D eigenvalue weighted by Gasteiger charge is -2.27. The standard InChI is InChI=1S/C15H28BrN3/c1-7-12-14(16)13(19(8-2)18-12)10-17-9-11(3)15(4,5)6/h11,17H,7-10H2,1-6H3. The van der Waals surface area contributed by atoms with Gasteiger partial charge in [0.15, 0.2) is 0 Å². The lowest BCUT2D eigenvalue weighted by atomic mass is 9.82. The molecule has 1 aromatic heterocycles. The molecule has 0 aliphatic carbocycles. The Balaban J connectivity index is 2.65. The SMILES string of the molecule is CCc1nn(CC)c(CNCC(C)C(C)(C)C)c1Br. The molecule has 1 heterocycles. The molecule has 1 atom stereocenters. The molecular formula is C15H28BrN3. The fraction of sp³-hybridized carbons (Fsp3) is 0.800. The zero-order valence-electron chi connectivity index (χ0n) is 13.2. The molecule has 110 valence electrons. The minimum atomic E-state index is 0.351. The lowest BCUT2D eigenvalue weighted by molar-refractivity contribution is 0.252. The number of hydrogen-bond donors (Lipinski definition) is 1. The summed E-state index contributed by atoms with van der Waals surface area (Å²) in [5.41, 5.74) is 2.77. The molecule has 0 aliphatic rings. The van der Waals surface area contributed by atoms with Crippen LogP contribution in [0.2, 0.25) is 0 Å². The highest BCUT2D eigenvalue weighted by molar-refractivity contribution is 9.10. The van der Waals surface area contributed by atoms with Crippen molar-refractivity contribution in [3.05, 3.63) is 15.9 Å². The fourth-order valence-corrected chi connectivity index (χ4v) is 2.60. The van der Waals surface area contributed by atoms with E-state index in [1.54, 1.807) is 0 Å². The minimum absolute atomic E-state index is 0.351. The number of halogens is 1. The maximum atomic E-state index is 4.62. The number of rotatable bonds is 6. The number of hydrogen-bond acceptors (Lipinski definition) is 2. The molecule has 0 fully saturated rings. The van der Waals surface area contributed by atoms with Gasteiger partial charge in [0, 0.05) is 13.1 Å². The predicted octanol–water partition coefficient (Wildman–Crippen LogP) is 4.00. The molecule has 3 nitrogen and oxygen atoms in total. The van der Waals surface area contributed by atoms with Gasteiger partial charge in [-0.3, -0.25) is 4.68 Å². The third kappa shape index (κ3) is 4.32. The van der Waals surface area contributed by atoms with Gasteiger partial charge in [0.1, 0.15) is 0 Å². The van der Waals surface area contributed by atoms with Crippen LogP contribution in [0.5, 0.6) is 0 Å². The van der Waals surface area contributed by atoms with Crippen molar-refractivity contribution in [1.82, 2.24) is 15.1 Å². The van der Waals surface area contributed by atoms with E-state index in [4.69, 9.17) is 0 Å². The van der Waals surface area contributed by atoms with Crippen molar-refractivity contribution in [2.45, 2.75) is 61.1 Å². The van der Waals surface area contributed by atoms with E-state index >= 15 is 0 Å². The summed E-state index contributed by atoms with van der Waals surface area (Å²) in [6.45, 7) is 16.3. The third-order valence-corrected chi connectivity index (χ3v) is 4.83. The molecule has 19 heavy (non-hydrogen) atoms. The summed E-state index contributed by atoms with van der Waals surface area (Å²) in [5.74, 6) is 0.648. The first-order valence-corrected chi connectivity index (χ1v) is 8.05. The van der Waals surface area contributed by atoms with E-state index in [2.05, 4.69) is 72.6 Å². The van der Waals surface area contributed by atoms with Crippen molar-refractivity contribution in [3.63, 3.8) is 0 Å². The molecule has 0 aromatic carbocycles. The Kier molecular flexibility index (Phi) is 6.06. The molecule has 1 N–H and O–H groups in total. The van der Waals surface area contributed by atoms with Crippen LogP contribution < -0.4 is 5.32 Å². The molecule has 1 unspecified atom stereocenters. The number of aryl methyl sites for hydroxylation is 2. The lowest BCUT2D eigenvalue weighted by Crippen LogP contribution is -2.30. The van der Waals surface area contributed by atoms with Gasteiger partial charge in [0.25, 0.3) is 0 Å². The molecule has 1 rings (SSSR count). The van der Waals surface area contributed by atoms with E-state index in [-0.39, 0.29) is 0 Å². The predicted molar refractivity (Wildman–Crippen MR) is 85.3 cm³/mol. The largest absolute Gasteiger partial charge is 0.311 e. The summed E-state index contributed by atoms with van der Waals surface area (Å²) >= 11 is 3.69. The van der Waals surface area contributed by atoms with Gasteiger partial charge in [0.2, 0.25) is 0 Å². The zero-order valence-corrected chi connectivity index (χ0v) is 14.8. The zero-order chi connectivity index (χ0) is 14.6. The second-order valence-electron chi connectivity index (χ2n) is 6.27. The summed E-state index contributed by atoms with van der Waals surface area (Å²) in [7, 11) is 0. The Bertz CT molecular complexity index is 404. The second-order valence-corrected chi connectivity index (χ2v) is 7.07. The van der Waals surface area contributed by atoms with Gasteiger partial charge in [0.05, 0.1) is 15.9 Å². The fourth-order valence-electron chi connectivity index (χ4n) is 1.90. The van der Waals surface area contributed by atoms with E-state index in [1.807, 2.05) is 0 Å². The normalized spacial score (nSPS) is 13.8. The van der Waals surface area contributed by atoms with Crippen molar-refractivity contribution in [2.75, 3.05) is 6.54 Å². The minimum Gasteiger partial charge on any atom is -0.311 e. The number of aromatic nitrogens is 2. The van der Waals surface area contributed by atoms with Gasteiger partial charge in [-0.2, -0.15) is 5.10 Å². The Morgan fingerprint density at radius 1 is 1.32 bits per heavy atom. The molecule has 0 aliphatic heterocycles. The van der Waals surface area contributed by atoms with E-state index in [9.17, 15) is 0 Å². The van der Waals surface area contributed by atoms with Crippen LogP contribution >= 0.6 is 15.9 Å². The molecule has 0 spiro atoms. The van der Waals surface area contributed by atoms with Gasteiger partial charge in [-0.15, -0.1) is 0 Å². The molecular weight excluding hydrogens is 302 g/mol. The molecule has 0 radical (unpaired) electrons. The van der Waals surface area contributed by atoms with Crippen LogP contribution in [0.1, 0.15) is 52.9 Å². The summed E-state index contributed by atoms with van der Waals surface area (Å²) < 4.78 is 3.27. The third-order valence-electron chi connectivity index (χ3n) is 3.92. The van der Waals surface area contributed by atoms with E-state index in [0.29, 0.717) is 11.3 Å². The number of nitrogens with one attached hydrogen (secondary N) is 1. The molecule has 4 heteroatoms. The monoisotopic (exact) mass is 329 g/mol. The Labute approximate surface area is 126 Å². The van der Waals surface area contributed by atoms with Crippen molar-refractivity contribution in [3.8, 4) is 0 Å². The van der Waals surface area contributed by atoms with Gasteiger partial charge in [-0.05, 0) is 47.2 Å². The van der Waals surface area contributed by atoms with E-state index < -0.39 is 0 Å². The van der Waals surface area contributed by atoms with Gasteiger partial charge in [-0.25, -0.2) is 0 Å². The quantitative estimate of drug-likeness (QED) is 0.854. The Morgan fingerprint density at radius 3 is 2.42 bits per heavy atom. The molecule has 0 saturated heterocycles. The number of nitrogens with zero attached hydrogens (tertiary/aromatic N) is 2. The van der Waals surface area contributed by atoms with E-state index in [0.717, 1.165) is 31.7 Å².